The van der Waals surface area contributed by atoms with Gasteiger partial charge in [0.05, 0.1) is 18.2 Å². The van der Waals surface area contributed by atoms with Gasteiger partial charge in [0.2, 0.25) is 0 Å². The van der Waals surface area contributed by atoms with Crippen LogP contribution in [0.5, 0.6) is 5.75 Å². The van der Waals surface area contributed by atoms with Gasteiger partial charge in [-0.1, -0.05) is 41.9 Å². The number of carbonyl (C=O) groups excluding carboxylic acids is 1. The Hall–Kier alpha value is -2.08. The van der Waals surface area contributed by atoms with Crippen molar-refractivity contribution >= 4 is 17.7 Å². The molecule has 0 bridgehead atoms. The third-order valence-electron chi connectivity index (χ3n) is 5.49. The molecule has 0 aliphatic carbocycles. The number of ether oxygens (including phenoxy) is 2. The molecule has 2 heterocycles. The quantitative estimate of drug-likeness (QED) is 0.769. The molecule has 1 saturated heterocycles. The summed E-state index contributed by atoms with van der Waals surface area (Å²) in [7, 11) is 2.14. The predicted octanol–water partition coefficient (Wildman–Crippen LogP) is 3.79. The van der Waals surface area contributed by atoms with Crippen LogP contribution in [0.15, 0.2) is 42.5 Å². The monoisotopic (exact) mass is 400 g/mol. The molecule has 0 spiro atoms. The molecule has 0 unspecified atom stereocenters. The number of hydrogen-bond acceptors (Lipinski definition) is 4. The van der Waals surface area contributed by atoms with Crippen molar-refractivity contribution in [2.45, 2.75) is 12.3 Å². The van der Waals surface area contributed by atoms with Crippen LogP contribution in [-0.2, 0) is 11.2 Å². The third-order valence-corrected chi connectivity index (χ3v) is 5.79. The minimum Gasteiger partial charge on any atom is -0.409 e. The number of likely N-dealkylation sites (N-methyl/N-ethyl adjacent to an activating group) is 1. The molecule has 1 atom stereocenters. The van der Waals surface area contributed by atoms with Crippen LogP contribution < -0.4 is 4.74 Å². The highest BCUT2D eigenvalue weighted by Crippen LogP contribution is 2.37. The van der Waals surface area contributed by atoms with Crippen LogP contribution in [-0.4, -0.2) is 62.3 Å². The van der Waals surface area contributed by atoms with Crippen LogP contribution in [0.4, 0.5) is 4.79 Å². The van der Waals surface area contributed by atoms with Crippen molar-refractivity contribution in [1.29, 1.82) is 0 Å². The average Bonchev–Trinajstić information content (AvgIpc) is 2.88. The Bertz CT molecular complexity index is 837. The highest BCUT2D eigenvalue weighted by molar-refractivity contribution is 6.32. The SMILES string of the molecule is CN1CCc2cc(Cl)c(OC(=O)N3CCOCC3)cc2[C@H](c2ccccc2)C1. The average molecular weight is 401 g/mol. The number of halogens is 1. The van der Waals surface area contributed by atoms with Gasteiger partial charge in [0.25, 0.3) is 0 Å². The summed E-state index contributed by atoms with van der Waals surface area (Å²) in [6, 6.07) is 14.4. The van der Waals surface area contributed by atoms with E-state index in [2.05, 4.69) is 36.2 Å². The Morgan fingerprint density at radius 2 is 1.89 bits per heavy atom. The van der Waals surface area contributed by atoms with Crippen LogP contribution >= 0.6 is 11.6 Å². The molecule has 2 aromatic carbocycles. The minimum absolute atomic E-state index is 0.210. The maximum Gasteiger partial charge on any atom is 0.415 e. The smallest absolute Gasteiger partial charge is 0.409 e. The number of amides is 1. The molecule has 4 rings (SSSR count). The molecule has 0 saturated carbocycles. The molecule has 0 N–H and O–H groups in total. The number of fused-ring (bicyclic) bond motifs is 1. The van der Waals surface area contributed by atoms with Gasteiger partial charge >= 0.3 is 6.09 Å². The van der Waals surface area contributed by atoms with Gasteiger partial charge in [-0.05, 0) is 42.3 Å². The molecule has 5 nitrogen and oxygen atoms in total. The number of hydrogen-bond donors (Lipinski definition) is 0. The zero-order valence-corrected chi connectivity index (χ0v) is 16.8. The first kappa shape index (κ1) is 19.2. The highest BCUT2D eigenvalue weighted by atomic mass is 35.5. The summed E-state index contributed by atoms with van der Waals surface area (Å²) in [6.45, 7) is 4.04. The largest absolute Gasteiger partial charge is 0.415 e. The Balaban J connectivity index is 1.66. The summed E-state index contributed by atoms with van der Waals surface area (Å²) >= 11 is 6.49. The van der Waals surface area contributed by atoms with E-state index in [0.717, 1.165) is 19.5 Å². The number of nitrogens with zero attached hydrogens (tertiary/aromatic N) is 2. The van der Waals surface area contributed by atoms with Gasteiger partial charge in [0.15, 0.2) is 5.75 Å². The molecule has 6 heteroatoms. The lowest BCUT2D eigenvalue weighted by molar-refractivity contribution is 0.0416. The first-order valence-electron chi connectivity index (χ1n) is 9.72. The second-order valence-electron chi connectivity index (χ2n) is 7.42. The van der Waals surface area contributed by atoms with Gasteiger partial charge in [-0.25, -0.2) is 4.79 Å². The molecule has 148 valence electrons. The van der Waals surface area contributed by atoms with Crippen molar-refractivity contribution in [3.63, 3.8) is 0 Å². The molecule has 0 radical (unpaired) electrons. The Morgan fingerprint density at radius 1 is 1.14 bits per heavy atom. The summed E-state index contributed by atoms with van der Waals surface area (Å²) in [4.78, 5) is 16.5. The van der Waals surface area contributed by atoms with Crippen molar-refractivity contribution in [1.82, 2.24) is 9.80 Å². The van der Waals surface area contributed by atoms with Crippen LogP contribution in [0.1, 0.15) is 22.6 Å². The molecular weight excluding hydrogens is 376 g/mol. The van der Waals surface area contributed by atoms with Gasteiger partial charge in [0.1, 0.15) is 0 Å². The summed E-state index contributed by atoms with van der Waals surface area (Å²) in [5.74, 6) is 0.643. The molecule has 2 aliphatic rings. The lowest BCUT2D eigenvalue weighted by atomic mass is 9.88. The Morgan fingerprint density at radius 3 is 2.64 bits per heavy atom. The van der Waals surface area contributed by atoms with Gasteiger partial charge < -0.3 is 19.3 Å². The van der Waals surface area contributed by atoms with E-state index in [0.29, 0.717) is 37.1 Å². The minimum atomic E-state index is -0.368. The predicted molar refractivity (Wildman–Crippen MR) is 109 cm³/mol. The van der Waals surface area contributed by atoms with Gasteiger partial charge in [0, 0.05) is 32.1 Å². The maximum absolute atomic E-state index is 12.5. The van der Waals surface area contributed by atoms with Crippen LogP contribution in [0.3, 0.4) is 0 Å². The van der Waals surface area contributed by atoms with Crippen LogP contribution in [0.2, 0.25) is 5.02 Å². The molecular formula is C22H25ClN2O3. The van der Waals surface area contributed by atoms with E-state index in [4.69, 9.17) is 21.1 Å². The van der Waals surface area contributed by atoms with Gasteiger partial charge in [-0.2, -0.15) is 0 Å². The number of carbonyl (C=O) groups is 1. The normalized spacial score (nSPS) is 20.4. The van der Waals surface area contributed by atoms with Crippen molar-refractivity contribution < 1.29 is 14.3 Å². The first-order chi connectivity index (χ1) is 13.6. The lowest BCUT2D eigenvalue weighted by Crippen LogP contribution is -2.42. The zero-order valence-electron chi connectivity index (χ0n) is 16.1. The van der Waals surface area contributed by atoms with Gasteiger partial charge in [-0.3, -0.25) is 0 Å². The van der Waals surface area contributed by atoms with Crippen LogP contribution in [0.25, 0.3) is 0 Å². The Labute approximate surface area is 170 Å². The van der Waals surface area contributed by atoms with Crippen molar-refractivity contribution in [2.24, 2.45) is 0 Å². The van der Waals surface area contributed by atoms with Crippen LogP contribution in [0, 0.1) is 0 Å². The fourth-order valence-corrected chi connectivity index (χ4v) is 4.14. The van der Waals surface area contributed by atoms with E-state index in [1.165, 1.54) is 16.7 Å². The maximum atomic E-state index is 12.5. The van der Waals surface area contributed by atoms with E-state index >= 15 is 0 Å². The zero-order chi connectivity index (χ0) is 19.5. The standard InChI is InChI=1S/C22H25ClN2O3/c1-24-8-7-17-13-20(23)21(28-22(26)25-9-11-27-12-10-25)14-18(17)19(15-24)16-5-3-2-4-6-16/h2-6,13-14,19H,7-12,15H2,1H3/t19-/m0/s1. The number of benzene rings is 2. The lowest BCUT2D eigenvalue weighted by Gasteiger charge is -2.26. The van der Waals surface area contributed by atoms with Crippen molar-refractivity contribution in [3.05, 3.63) is 64.2 Å². The first-order valence-corrected chi connectivity index (χ1v) is 10.1. The number of rotatable bonds is 2. The van der Waals surface area contributed by atoms with E-state index in [-0.39, 0.29) is 12.0 Å². The molecule has 0 aromatic heterocycles. The highest BCUT2D eigenvalue weighted by Gasteiger charge is 2.26. The van der Waals surface area contributed by atoms with Crippen molar-refractivity contribution in [3.8, 4) is 5.75 Å². The summed E-state index contributed by atoms with van der Waals surface area (Å²) in [5, 5.41) is 0.483. The van der Waals surface area contributed by atoms with E-state index < -0.39 is 0 Å². The molecule has 1 amide bonds. The molecule has 28 heavy (non-hydrogen) atoms. The topological polar surface area (TPSA) is 42.0 Å². The van der Waals surface area contributed by atoms with E-state index in [1.807, 2.05) is 18.2 Å². The molecule has 1 fully saturated rings. The fraction of sp³-hybridized carbons (Fsp3) is 0.409. The van der Waals surface area contributed by atoms with E-state index in [1.54, 1.807) is 4.90 Å². The summed E-state index contributed by atoms with van der Waals surface area (Å²) in [6.07, 6.45) is 0.555. The van der Waals surface area contributed by atoms with Gasteiger partial charge in [-0.15, -0.1) is 0 Å². The van der Waals surface area contributed by atoms with E-state index in [9.17, 15) is 4.79 Å². The van der Waals surface area contributed by atoms with Crippen molar-refractivity contribution in [2.75, 3.05) is 46.4 Å². The second kappa shape index (κ2) is 8.52. The molecule has 2 aliphatic heterocycles. The third kappa shape index (κ3) is 4.17. The fourth-order valence-electron chi connectivity index (χ4n) is 3.92. The number of morpholine rings is 1. The Kier molecular flexibility index (Phi) is 5.85. The summed E-state index contributed by atoms with van der Waals surface area (Å²) in [5.41, 5.74) is 3.66. The summed E-state index contributed by atoms with van der Waals surface area (Å²) < 4.78 is 11.0. The molecule has 2 aromatic rings. The second-order valence-corrected chi connectivity index (χ2v) is 7.83.